The van der Waals surface area contributed by atoms with Crippen LogP contribution in [0.1, 0.15) is 11.4 Å². The third-order valence-corrected chi connectivity index (χ3v) is 3.26. The molecule has 0 amide bonds. The fourth-order valence-electron chi connectivity index (χ4n) is 2.40. The average molecular weight is 251 g/mol. The van der Waals surface area contributed by atoms with Crippen LogP contribution in [0.4, 0.5) is 0 Å². The first kappa shape index (κ1) is 11.9. The summed E-state index contributed by atoms with van der Waals surface area (Å²) in [6.45, 7) is 2.71. The Hall–Kier alpha value is -2.13. The zero-order valence-corrected chi connectivity index (χ0v) is 11.0. The van der Waals surface area contributed by atoms with Crippen molar-refractivity contribution in [1.82, 2.24) is 9.55 Å². The van der Waals surface area contributed by atoms with E-state index >= 15 is 0 Å². The molecule has 3 heteroatoms. The minimum Gasteiger partial charge on any atom is -0.330 e. The van der Waals surface area contributed by atoms with Gasteiger partial charge in [0.15, 0.2) is 0 Å². The van der Waals surface area contributed by atoms with Crippen molar-refractivity contribution >= 4 is 11.0 Å². The predicted molar refractivity (Wildman–Crippen MR) is 78.6 cm³/mol. The highest BCUT2D eigenvalue weighted by atomic mass is 15.1. The molecule has 1 aromatic heterocycles. The maximum Gasteiger partial charge on any atom is 0.115 e. The standard InChI is InChI=1S/C16H17N3/c1-12-7-8-14-15(11-12)19(16(18-14)9-10-17)13-5-3-2-4-6-13/h2-8,11H,9-10,17H2,1H3. The van der Waals surface area contributed by atoms with E-state index in [1.54, 1.807) is 0 Å². The Morgan fingerprint density at radius 1 is 1.11 bits per heavy atom. The van der Waals surface area contributed by atoms with Gasteiger partial charge in [0, 0.05) is 12.1 Å². The molecule has 0 saturated carbocycles. The number of aryl methyl sites for hydroxylation is 1. The molecule has 3 rings (SSSR count). The lowest BCUT2D eigenvalue weighted by atomic mass is 10.2. The Balaban J connectivity index is 2.30. The summed E-state index contributed by atoms with van der Waals surface area (Å²) in [6.07, 6.45) is 0.780. The predicted octanol–water partition coefficient (Wildman–Crippen LogP) is 2.84. The number of nitrogens with zero attached hydrogens (tertiary/aromatic N) is 2. The smallest absolute Gasteiger partial charge is 0.115 e. The van der Waals surface area contributed by atoms with Crippen molar-refractivity contribution in [2.24, 2.45) is 5.73 Å². The minimum atomic E-state index is 0.606. The van der Waals surface area contributed by atoms with E-state index in [0.29, 0.717) is 6.54 Å². The van der Waals surface area contributed by atoms with Gasteiger partial charge in [-0.2, -0.15) is 0 Å². The van der Waals surface area contributed by atoms with E-state index in [0.717, 1.165) is 29.0 Å². The number of benzene rings is 2. The van der Waals surface area contributed by atoms with Gasteiger partial charge >= 0.3 is 0 Å². The van der Waals surface area contributed by atoms with Gasteiger partial charge in [-0.1, -0.05) is 24.3 Å². The molecule has 0 aliphatic rings. The Kier molecular flexibility index (Phi) is 3.05. The van der Waals surface area contributed by atoms with Crippen LogP contribution in [0.25, 0.3) is 16.7 Å². The van der Waals surface area contributed by atoms with Crippen molar-refractivity contribution in [2.75, 3.05) is 6.54 Å². The van der Waals surface area contributed by atoms with Gasteiger partial charge in [0.05, 0.1) is 11.0 Å². The first-order valence-electron chi connectivity index (χ1n) is 6.53. The highest BCUT2D eigenvalue weighted by Crippen LogP contribution is 2.22. The van der Waals surface area contributed by atoms with Crippen LogP contribution in [-0.2, 0) is 6.42 Å². The zero-order valence-electron chi connectivity index (χ0n) is 11.0. The van der Waals surface area contributed by atoms with Crippen molar-refractivity contribution in [2.45, 2.75) is 13.3 Å². The number of rotatable bonds is 3. The zero-order chi connectivity index (χ0) is 13.2. The number of nitrogens with two attached hydrogens (primary N) is 1. The first-order chi connectivity index (χ1) is 9.29. The van der Waals surface area contributed by atoms with E-state index in [1.807, 2.05) is 18.2 Å². The van der Waals surface area contributed by atoms with Gasteiger partial charge in [-0.15, -0.1) is 0 Å². The summed E-state index contributed by atoms with van der Waals surface area (Å²) in [6, 6.07) is 16.7. The summed E-state index contributed by atoms with van der Waals surface area (Å²) in [5.41, 5.74) is 10.3. The van der Waals surface area contributed by atoms with Crippen LogP contribution in [0, 0.1) is 6.92 Å². The summed E-state index contributed by atoms with van der Waals surface area (Å²) in [7, 11) is 0. The molecule has 3 aromatic rings. The van der Waals surface area contributed by atoms with Crippen LogP contribution < -0.4 is 5.73 Å². The maximum absolute atomic E-state index is 5.71. The van der Waals surface area contributed by atoms with Gasteiger partial charge in [0.1, 0.15) is 5.82 Å². The van der Waals surface area contributed by atoms with Gasteiger partial charge in [-0.05, 0) is 43.3 Å². The summed E-state index contributed by atoms with van der Waals surface area (Å²) < 4.78 is 2.20. The molecule has 0 radical (unpaired) electrons. The van der Waals surface area contributed by atoms with Crippen molar-refractivity contribution in [1.29, 1.82) is 0 Å². The second-order valence-corrected chi connectivity index (χ2v) is 4.73. The molecule has 0 bridgehead atoms. The van der Waals surface area contributed by atoms with Crippen LogP contribution in [0.2, 0.25) is 0 Å². The molecule has 3 nitrogen and oxygen atoms in total. The second-order valence-electron chi connectivity index (χ2n) is 4.73. The lowest BCUT2D eigenvalue weighted by molar-refractivity contribution is 0.848. The first-order valence-corrected chi connectivity index (χ1v) is 6.53. The van der Waals surface area contributed by atoms with E-state index in [-0.39, 0.29) is 0 Å². The molecule has 1 heterocycles. The van der Waals surface area contributed by atoms with Crippen LogP contribution >= 0.6 is 0 Å². The van der Waals surface area contributed by atoms with Crippen LogP contribution in [0.5, 0.6) is 0 Å². The van der Waals surface area contributed by atoms with E-state index in [1.165, 1.54) is 5.56 Å². The molecule has 0 saturated heterocycles. The Bertz CT molecular complexity index is 699. The van der Waals surface area contributed by atoms with Gasteiger partial charge in [-0.3, -0.25) is 4.57 Å². The molecule has 0 aliphatic carbocycles. The van der Waals surface area contributed by atoms with E-state index in [2.05, 4.69) is 41.8 Å². The SMILES string of the molecule is Cc1ccc2nc(CCN)n(-c3ccccc3)c2c1. The Morgan fingerprint density at radius 2 is 1.89 bits per heavy atom. The molecule has 19 heavy (non-hydrogen) atoms. The molecule has 0 atom stereocenters. The lowest BCUT2D eigenvalue weighted by Gasteiger charge is -2.08. The summed E-state index contributed by atoms with van der Waals surface area (Å²) in [4.78, 5) is 4.70. The van der Waals surface area contributed by atoms with Crippen LogP contribution in [-0.4, -0.2) is 16.1 Å². The summed E-state index contributed by atoms with van der Waals surface area (Å²) in [5.74, 6) is 1.02. The molecule has 96 valence electrons. The third kappa shape index (κ3) is 2.13. The minimum absolute atomic E-state index is 0.606. The Labute approximate surface area is 112 Å². The Morgan fingerprint density at radius 3 is 2.63 bits per heavy atom. The van der Waals surface area contributed by atoms with Crippen LogP contribution in [0.3, 0.4) is 0 Å². The molecule has 2 N–H and O–H groups in total. The average Bonchev–Trinajstić information content (AvgIpc) is 2.77. The lowest BCUT2D eigenvalue weighted by Crippen LogP contribution is -2.08. The van der Waals surface area contributed by atoms with Gasteiger partial charge in [0.2, 0.25) is 0 Å². The number of hydrogen-bond acceptors (Lipinski definition) is 2. The molecule has 0 fully saturated rings. The monoisotopic (exact) mass is 251 g/mol. The van der Waals surface area contributed by atoms with Crippen molar-refractivity contribution in [3.05, 3.63) is 59.9 Å². The number of fused-ring (bicyclic) bond motifs is 1. The highest BCUT2D eigenvalue weighted by Gasteiger charge is 2.11. The summed E-state index contributed by atoms with van der Waals surface area (Å²) in [5, 5.41) is 0. The number of imidazole rings is 1. The molecule has 2 aromatic carbocycles. The third-order valence-electron chi connectivity index (χ3n) is 3.26. The van der Waals surface area contributed by atoms with Gasteiger partial charge in [-0.25, -0.2) is 4.98 Å². The topological polar surface area (TPSA) is 43.8 Å². The van der Waals surface area contributed by atoms with Gasteiger partial charge in [0.25, 0.3) is 0 Å². The molecular formula is C16H17N3. The maximum atomic E-state index is 5.71. The number of para-hydroxylation sites is 1. The normalized spacial score (nSPS) is 11.1. The molecule has 0 unspecified atom stereocenters. The van der Waals surface area contributed by atoms with E-state index < -0.39 is 0 Å². The largest absolute Gasteiger partial charge is 0.330 e. The number of hydrogen-bond donors (Lipinski definition) is 1. The van der Waals surface area contributed by atoms with Crippen LogP contribution in [0.15, 0.2) is 48.5 Å². The molecular weight excluding hydrogens is 234 g/mol. The second kappa shape index (κ2) is 4.86. The van der Waals surface area contributed by atoms with Crippen molar-refractivity contribution in [3.8, 4) is 5.69 Å². The highest BCUT2D eigenvalue weighted by molar-refractivity contribution is 5.79. The quantitative estimate of drug-likeness (QED) is 0.778. The summed E-state index contributed by atoms with van der Waals surface area (Å²) >= 11 is 0. The van der Waals surface area contributed by atoms with Gasteiger partial charge < -0.3 is 5.73 Å². The van der Waals surface area contributed by atoms with Crippen molar-refractivity contribution < 1.29 is 0 Å². The van der Waals surface area contributed by atoms with E-state index in [4.69, 9.17) is 10.7 Å². The van der Waals surface area contributed by atoms with Crippen molar-refractivity contribution in [3.63, 3.8) is 0 Å². The fourth-order valence-corrected chi connectivity index (χ4v) is 2.40. The fraction of sp³-hybridized carbons (Fsp3) is 0.188. The number of aromatic nitrogens is 2. The van der Waals surface area contributed by atoms with E-state index in [9.17, 15) is 0 Å². The molecule has 0 aliphatic heterocycles. The molecule has 0 spiro atoms.